The summed E-state index contributed by atoms with van der Waals surface area (Å²) in [6, 6.07) is 5.40. The van der Waals surface area contributed by atoms with Gasteiger partial charge in [-0.1, -0.05) is 13.8 Å². The number of rotatable bonds is 2. The molecule has 0 amide bonds. The molecule has 1 aromatic rings. The highest BCUT2D eigenvalue weighted by Gasteiger charge is 2.44. The Morgan fingerprint density at radius 3 is 2.73 bits per heavy atom. The van der Waals surface area contributed by atoms with Gasteiger partial charge in [-0.25, -0.2) is 0 Å². The van der Waals surface area contributed by atoms with Gasteiger partial charge in [0.1, 0.15) is 23.2 Å². The Morgan fingerprint density at radius 1 is 1.42 bits per heavy atom. The summed E-state index contributed by atoms with van der Waals surface area (Å²) in [7, 11) is 0. The lowest BCUT2D eigenvalue weighted by Gasteiger charge is -2.37. The number of nitriles is 1. The van der Waals surface area contributed by atoms with Gasteiger partial charge >= 0.3 is 0 Å². The molecule has 2 aliphatic rings. The number of benzene rings is 1. The van der Waals surface area contributed by atoms with Gasteiger partial charge in [-0.3, -0.25) is 14.9 Å². The normalized spacial score (nSPS) is 21.7. The third-order valence-electron chi connectivity index (χ3n) is 4.61. The molecule has 3 rings (SSSR count). The Bertz CT molecular complexity index is 937. The molecule has 26 heavy (non-hydrogen) atoms. The van der Waals surface area contributed by atoms with E-state index in [0.29, 0.717) is 12.2 Å². The van der Waals surface area contributed by atoms with Crippen LogP contribution in [-0.4, -0.2) is 15.8 Å². The summed E-state index contributed by atoms with van der Waals surface area (Å²) < 4.78 is 5.55. The molecule has 0 radical (unpaired) electrons. The van der Waals surface area contributed by atoms with E-state index in [-0.39, 0.29) is 51.6 Å². The summed E-state index contributed by atoms with van der Waals surface area (Å²) in [4.78, 5) is 23.3. The summed E-state index contributed by atoms with van der Waals surface area (Å²) >= 11 is 0. The number of Topliss-reactive ketones (excluding diaryl/α,β-unsaturated/α-hetero) is 1. The fraction of sp³-hybridized carbons (Fsp3) is 0.333. The molecule has 0 saturated heterocycles. The Balaban J connectivity index is 2.25. The minimum absolute atomic E-state index is 0.0485. The van der Waals surface area contributed by atoms with Crippen LogP contribution in [0.3, 0.4) is 0 Å². The molecule has 0 fully saturated rings. The van der Waals surface area contributed by atoms with Crippen molar-refractivity contribution in [2.75, 3.05) is 0 Å². The molecule has 8 nitrogen and oxygen atoms in total. The lowest BCUT2D eigenvalue weighted by atomic mass is 9.70. The monoisotopic (exact) mass is 355 g/mol. The van der Waals surface area contributed by atoms with Crippen molar-refractivity contribution in [1.29, 1.82) is 5.26 Å². The smallest absolute Gasteiger partial charge is 0.270 e. The average Bonchev–Trinajstić information content (AvgIpc) is 2.52. The number of ketones is 1. The number of allylic oxidation sites excluding steroid dienone is 3. The van der Waals surface area contributed by atoms with Gasteiger partial charge in [-0.15, -0.1) is 0 Å². The van der Waals surface area contributed by atoms with E-state index in [1.165, 1.54) is 6.07 Å². The van der Waals surface area contributed by atoms with Gasteiger partial charge in [-0.05, 0) is 11.5 Å². The predicted molar refractivity (Wildman–Crippen MR) is 90.5 cm³/mol. The Labute approximate surface area is 149 Å². The van der Waals surface area contributed by atoms with Crippen molar-refractivity contribution >= 4 is 11.5 Å². The first-order valence-electron chi connectivity index (χ1n) is 7.96. The van der Waals surface area contributed by atoms with E-state index in [0.717, 1.165) is 12.1 Å². The summed E-state index contributed by atoms with van der Waals surface area (Å²) in [5.74, 6) is -1.29. The molecular formula is C18H17N3O5. The van der Waals surface area contributed by atoms with Crippen LogP contribution >= 0.6 is 0 Å². The Hall–Kier alpha value is -3.34. The summed E-state index contributed by atoms with van der Waals surface area (Å²) in [5, 5.41) is 30.9. The van der Waals surface area contributed by atoms with E-state index >= 15 is 0 Å². The SMILES string of the molecule is CC1(C)CC(=O)C2=C(C1)OC(N)=C(C#N)C2c1cc([N+](=O)[O-])ccc1O. The van der Waals surface area contributed by atoms with E-state index in [1.807, 2.05) is 19.9 Å². The minimum atomic E-state index is -0.993. The predicted octanol–water partition coefficient (Wildman–Crippen LogP) is 2.75. The quantitative estimate of drug-likeness (QED) is 0.614. The zero-order valence-electron chi connectivity index (χ0n) is 14.3. The average molecular weight is 355 g/mol. The fourth-order valence-corrected chi connectivity index (χ4v) is 3.48. The number of phenols is 1. The number of aromatic hydroxyl groups is 1. The van der Waals surface area contributed by atoms with Crippen LogP contribution < -0.4 is 5.73 Å². The minimum Gasteiger partial charge on any atom is -0.508 e. The van der Waals surface area contributed by atoms with Gasteiger partial charge in [0.15, 0.2) is 5.78 Å². The first-order chi connectivity index (χ1) is 12.1. The number of non-ortho nitro benzene ring substituents is 1. The molecule has 0 bridgehead atoms. The van der Waals surface area contributed by atoms with Gasteiger partial charge in [0.2, 0.25) is 5.88 Å². The fourth-order valence-electron chi connectivity index (χ4n) is 3.48. The van der Waals surface area contributed by atoms with Crippen LogP contribution in [0.25, 0.3) is 0 Å². The first-order valence-corrected chi connectivity index (χ1v) is 7.96. The van der Waals surface area contributed by atoms with Gasteiger partial charge in [-0.2, -0.15) is 5.26 Å². The van der Waals surface area contributed by atoms with Crippen LogP contribution in [0.1, 0.15) is 38.2 Å². The van der Waals surface area contributed by atoms with E-state index < -0.39 is 10.8 Å². The van der Waals surface area contributed by atoms with Crippen LogP contribution in [0.5, 0.6) is 5.75 Å². The van der Waals surface area contributed by atoms with Crippen molar-refractivity contribution in [2.24, 2.45) is 11.1 Å². The van der Waals surface area contributed by atoms with Gasteiger partial charge in [0.05, 0.1) is 10.8 Å². The third-order valence-corrected chi connectivity index (χ3v) is 4.61. The number of phenolic OH excluding ortho intramolecular Hbond substituents is 1. The number of carbonyl (C=O) groups excluding carboxylic acids is 1. The van der Waals surface area contributed by atoms with E-state index in [9.17, 15) is 25.3 Å². The zero-order valence-corrected chi connectivity index (χ0v) is 14.3. The van der Waals surface area contributed by atoms with Crippen LogP contribution in [0.15, 0.2) is 41.0 Å². The third kappa shape index (κ3) is 2.77. The molecule has 1 heterocycles. The lowest BCUT2D eigenvalue weighted by molar-refractivity contribution is -0.384. The highest BCUT2D eigenvalue weighted by Crippen LogP contribution is 2.49. The van der Waals surface area contributed by atoms with Gasteiger partial charge in [0.25, 0.3) is 5.69 Å². The van der Waals surface area contributed by atoms with Crippen molar-refractivity contribution in [3.63, 3.8) is 0 Å². The lowest BCUT2D eigenvalue weighted by Crippen LogP contribution is -2.33. The van der Waals surface area contributed by atoms with Crippen molar-refractivity contribution in [2.45, 2.75) is 32.6 Å². The molecule has 1 aliphatic carbocycles. The highest BCUT2D eigenvalue weighted by molar-refractivity contribution is 6.00. The molecule has 1 atom stereocenters. The second kappa shape index (κ2) is 5.88. The maximum atomic E-state index is 12.8. The standard InChI is InChI=1S/C18H17N3O5/c1-18(2)6-13(23)16-14(7-18)26-17(20)11(8-19)15(16)10-5-9(21(24)25)3-4-12(10)22/h3-5,15,22H,6-7,20H2,1-2H3. The van der Waals surface area contributed by atoms with Crippen LogP contribution in [0.2, 0.25) is 0 Å². The van der Waals surface area contributed by atoms with E-state index in [2.05, 4.69) is 0 Å². The number of hydrogen-bond acceptors (Lipinski definition) is 7. The molecule has 3 N–H and O–H groups in total. The first kappa shape index (κ1) is 17.5. The molecule has 1 aliphatic heterocycles. The summed E-state index contributed by atoms with van der Waals surface area (Å²) in [5.41, 5.74) is 5.55. The number of carbonyl (C=O) groups is 1. The molecule has 0 spiro atoms. The molecule has 8 heteroatoms. The number of nitrogens with zero attached hydrogens (tertiary/aromatic N) is 2. The summed E-state index contributed by atoms with van der Waals surface area (Å²) in [6.45, 7) is 3.83. The van der Waals surface area contributed by atoms with E-state index in [4.69, 9.17) is 10.5 Å². The number of hydrogen-bond donors (Lipinski definition) is 2. The Morgan fingerprint density at radius 2 is 2.12 bits per heavy atom. The maximum absolute atomic E-state index is 12.8. The maximum Gasteiger partial charge on any atom is 0.270 e. The van der Waals surface area contributed by atoms with Crippen molar-refractivity contribution in [1.82, 2.24) is 0 Å². The molecule has 1 aromatic carbocycles. The molecule has 0 saturated carbocycles. The Kier molecular flexibility index (Phi) is 3.95. The summed E-state index contributed by atoms with van der Waals surface area (Å²) in [6.07, 6.45) is 0.666. The van der Waals surface area contributed by atoms with Crippen LogP contribution in [-0.2, 0) is 9.53 Å². The van der Waals surface area contributed by atoms with Gasteiger partial charge in [0, 0.05) is 36.1 Å². The number of nitro benzene ring substituents is 1. The molecule has 134 valence electrons. The topological polar surface area (TPSA) is 139 Å². The van der Waals surface area contributed by atoms with Crippen molar-refractivity contribution in [3.05, 3.63) is 56.7 Å². The van der Waals surface area contributed by atoms with Crippen LogP contribution in [0, 0.1) is 26.9 Å². The number of ether oxygens (including phenoxy) is 1. The van der Waals surface area contributed by atoms with Gasteiger partial charge < -0.3 is 15.6 Å². The number of nitro groups is 1. The zero-order chi connectivity index (χ0) is 19.2. The van der Waals surface area contributed by atoms with Crippen molar-refractivity contribution in [3.8, 4) is 11.8 Å². The molecule has 1 unspecified atom stereocenters. The highest BCUT2D eigenvalue weighted by atomic mass is 16.6. The molecular weight excluding hydrogens is 338 g/mol. The van der Waals surface area contributed by atoms with Crippen LogP contribution in [0.4, 0.5) is 5.69 Å². The largest absolute Gasteiger partial charge is 0.508 e. The molecule has 0 aromatic heterocycles. The number of nitrogens with two attached hydrogens (primary N) is 1. The second-order valence-electron chi connectivity index (χ2n) is 7.20. The van der Waals surface area contributed by atoms with Crippen molar-refractivity contribution < 1.29 is 19.6 Å². The second-order valence-corrected chi connectivity index (χ2v) is 7.20. The van der Waals surface area contributed by atoms with E-state index in [1.54, 1.807) is 0 Å².